The van der Waals surface area contributed by atoms with Crippen molar-refractivity contribution in [2.45, 2.75) is 30.1 Å². The maximum absolute atomic E-state index is 13.0. The third-order valence-electron chi connectivity index (χ3n) is 5.90. The van der Waals surface area contributed by atoms with Gasteiger partial charge in [0.15, 0.2) is 0 Å². The zero-order valence-electron chi connectivity index (χ0n) is 17.6. The summed E-state index contributed by atoms with van der Waals surface area (Å²) in [7, 11) is -2.80. The molecule has 0 unspecified atom stereocenters. The van der Waals surface area contributed by atoms with E-state index in [2.05, 4.69) is 4.98 Å². The van der Waals surface area contributed by atoms with E-state index in [1.807, 2.05) is 34.9 Å². The van der Waals surface area contributed by atoms with Gasteiger partial charge in [-0.25, -0.2) is 14.0 Å². The number of hydrogen-bond donors (Lipinski definition) is 2. The Morgan fingerprint density at radius 2 is 1.82 bits per heavy atom. The number of aliphatic hydroxyl groups is 1. The number of nitrogens with zero attached hydrogens (tertiary/aromatic N) is 2. The number of aliphatic hydroxyl groups excluding tert-OH is 1. The predicted molar refractivity (Wildman–Crippen MR) is 121 cm³/mol. The van der Waals surface area contributed by atoms with Gasteiger partial charge in [0.2, 0.25) is 0 Å². The number of imidazole rings is 1. The molecule has 1 aliphatic rings. The first-order valence-corrected chi connectivity index (χ1v) is 12.3. The average molecular weight is 470 g/mol. The second-order valence-corrected chi connectivity index (χ2v) is 10.3. The summed E-state index contributed by atoms with van der Waals surface area (Å²) in [5.74, 6) is 0.555. The van der Waals surface area contributed by atoms with E-state index in [1.54, 1.807) is 30.3 Å². The molecule has 0 saturated heterocycles. The predicted octanol–water partition coefficient (Wildman–Crippen LogP) is 5.37. The van der Waals surface area contributed by atoms with Crippen LogP contribution in [0.1, 0.15) is 30.0 Å². The molecule has 170 valence electrons. The zero-order valence-corrected chi connectivity index (χ0v) is 18.4. The number of alkyl halides is 2. The molecule has 33 heavy (non-hydrogen) atoms. The van der Waals surface area contributed by atoms with E-state index >= 15 is 0 Å². The normalized spacial score (nSPS) is 19.5. The Hall–Kier alpha value is -3.30. The van der Waals surface area contributed by atoms with Crippen LogP contribution in [0.15, 0.2) is 71.6 Å². The lowest BCUT2D eigenvalue weighted by atomic mass is 10.0. The molecule has 0 radical (unpaired) electrons. The first-order chi connectivity index (χ1) is 15.7. The lowest BCUT2D eigenvalue weighted by molar-refractivity contribution is -0.0507. The lowest BCUT2D eigenvalue weighted by Crippen LogP contribution is -2.10. The van der Waals surface area contributed by atoms with Gasteiger partial charge in [-0.1, -0.05) is 36.4 Å². The highest BCUT2D eigenvalue weighted by atomic mass is 32.2. The second kappa shape index (κ2) is 7.93. The summed E-state index contributed by atoms with van der Waals surface area (Å²) in [6.45, 7) is -2.95. The quantitative estimate of drug-likeness (QED) is 0.412. The molecule has 2 heterocycles. The van der Waals surface area contributed by atoms with E-state index in [9.17, 15) is 18.1 Å². The SMILES string of the molecule is C[S@](=N)(=O)c1ccc(-c2ccc3nc4n(c3c2)[C@@H](c2ccccc2OC(F)F)C[C@H]4O)cc1. The molecule has 1 aromatic heterocycles. The van der Waals surface area contributed by atoms with E-state index in [1.165, 1.54) is 12.3 Å². The fourth-order valence-corrected chi connectivity index (χ4v) is 5.06. The van der Waals surface area contributed by atoms with Gasteiger partial charge in [0, 0.05) is 23.1 Å². The molecule has 3 atom stereocenters. The van der Waals surface area contributed by atoms with Crippen molar-refractivity contribution in [3.05, 3.63) is 78.1 Å². The standard InChI is InChI=1S/C24H21F2N3O3S/c1-33(27,31)16-9-6-14(7-10-16)15-8-11-18-20(12-15)29-19(13-21(30)23(29)28-18)17-4-2-3-5-22(17)32-24(25)26/h2-12,19,21,24,27,30H,13H2,1H3/t19-,21-,33+/m1/s1. The van der Waals surface area contributed by atoms with Gasteiger partial charge in [0.25, 0.3) is 0 Å². The van der Waals surface area contributed by atoms with E-state index < -0.39 is 28.5 Å². The molecule has 0 saturated carbocycles. The highest BCUT2D eigenvalue weighted by Crippen LogP contribution is 2.44. The molecule has 5 rings (SSSR count). The second-order valence-electron chi connectivity index (χ2n) is 8.10. The highest BCUT2D eigenvalue weighted by Gasteiger charge is 2.35. The van der Waals surface area contributed by atoms with Gasteiger partial charge >= 0.3 is 6.61 Å². The van der Waals surface area contributed by atoms with Crippen LogP contribution < -0.4 is 4.74 Å². The van der Waals surface area contributed by atoms with Crippen LogP contribution in [0.25, 0.3) is 22.2 Å². The van der Waals surface area contributed by atoms with Crippen molar-refractivity contribution in [2.75, 3.05) is 6.26 Å². The molecule has 1 aliphatic heterocycles. The maximum Gasteiger partial charge on any atom is 0.387 e. The molecule has 0 spiro atoms. The van der Waals surface area contributed by atoms with Crippen molar-refractivity contribution in [1.82, 2.24) is 9.55 Å². The van der Waals surface area contributed by atoms with Crippen LogP contribution in [0.5, 0.6) is 5.75 Å². The molecular formula is C24H21F2N3O3S. The molecule has 0 fully saturated rings. The number of halogens is 2. The summed E-state index contributed by atoms with van der Waals surface area (Å²) in [5, 5.41) is 10.7. The van der Waals surface area contributed by atoms with Crippen molar-refractivity contribution in [1.29, 1.82) is 4.78 Å². The van der Waals surface area contributed by atoms with Crippen molar-refractivity contribution < 1.29 is 22.8 Å². The Bertz CT molecular complexity index is 1450. The first-order valence-electron chi connectivity index (χ1n) is 10.3. The number of hydrogen-bond acceptors (Lipinski definition) is 5. The molecule has 9 heteroatoms. The van der Waals surface area contributed by atoms with Gasteiger partial charge in [-0.15, -0.1) is 0 Å². The summed E-state index contributed by atoms with van der Waals surface area (Å²) < 4.78 is 52.3. The Kier molecular flexibility index (Phi) is 5.18. The molecule has 2 N–H and O–H groups in total. The largest absolute Gasteiger partial charge is 0.434 e. The molecule has 0 amide bonds. The number of aromatic nitrogens is 2. The third-order valence-corrected chi connectivity index (χ3v) is 7.08. The minimum Gasteiger partial charge on any atom is -0.434 e. The van der Waals surface area contributed by atoms with Crippen LogP contribution in [-0.2, 0) is 9.73 Å². The van der Waals surface area contributed by atoms with Crippen molar-refractivity contribution in [2.24, 2.45) is 0 Å². The summed E-state index contributed by atoms with van der Waals surface area (Å²) >= 11 is 0. The van der Waals surface area contributed by atoms with Gasteiger partial charge < -0.3 is 14.4 Å². The fourth-order valence-electron chi connectivity index (χ4n) is 4.41. The van der Waals surface area contributed by atoms with Crippen LogP contribution >= 0.6 is 0 Å². The fraction of sp³-hybridized carbons (Fsp3) is 0.208. The topological polar surface area (TPSA) is 88.2 Å². The van der Waals surface area contributed by atoms with E-state index in [4.69, 9.17) is 9.52 Å². The lowest BCUT2D eigenvalue weighted by Gasteiger charge is -2.19. The molecule has 4 aromatic rings. The molecule has 0 bridgehead atoms. The van der Waals surface area contributed by atoms with Gasteiger partial charge in [0.05, 0.1) is 26.8 Å². The molecular weight excluding hydrogens is 448 g/mol. The third kappa shape index (κ3) is 3.87. The van der Waals surface area contributed by atoms with Crippen LogP contribution in [0.2, 0.25) is 0 Å². The summed E-state index contributed by atoms with van der Waals surface area (Å²) in [5.41, 5.74) is 3.75. The molecule has 0 aliphatic carbocycles. The van der Waals surface area contributed by atoms with Crippen LogP contribution in [0.4, 0.5) is 8.78 Å². The van der Waals surface area contributed by atoms with E-state index in [0.717, 1.165) is 16.6 Å². The van der Waals surface area contributed by atoms with Crippen LogP contribution in [0, 0.1) is 4.78 Å². The summed E-state index contributed by atoms with van der Waals surface area (Å²) in [6.07, 6.45) is 0.847. The van der Waals surface area contributed by atoms with Gasteiger partial charge in [-0.2, -0.15) is 8.78 Å². The Labute approximate surface area is 189 Å². The van der Waals surface area contributed by atoms with Crippen molar-refractivity contribution >= 4 is 20.8 Å². The number of benzene rings is 3. The number of ether oxygens (including phenoxy) is 1. The molecule has 6 nitrogen and oxygen atoms in total. The highest BCUT2D eigenvalue weighted by molar-refractivity contribution is 7.91. The van der Waals surface area contributed by atoms with Crippen LogP contribution in [0.3, 0.4) is 0 Å². The van der Waals surface area contributed by atoms with Crippen molar-refractivity contribution in [3.63, 3.8) is 0 Å². The van der Waals surface area contributed by atoms with E-state index in [-0.39, 0.29) is 5.75 Å². The molecule has 3 aromatic carbocycles. The number of rotatable bonds is 5. The Morgan fingerprint density at radius 3 is 2.52 bits per heavy atom. The van der Waals surface area contributed by atoms with E-state index in [0.29, 0.717) is 28.2 Å². The smallest absolute Gasteiger partial charge is 0.387 e. The number of fused-ring (bicyclic) bond motifs is 3. The van der Waals surface area contributed by atoms with Gasteiger partial charge in [0.1, 0.15) is 17.7 Å². The van der Waals surface area contributed by atoms with Gasteiger partial charge in [-0.3, -0.25) is 0 Å². The zero-order chi connectivity index (χ0) is 23.3. The number of nitrogens with one attached hydrogen (secondary N) is 1. The summed E-state index contributed by atoms with van der Waals surface area (Å²) in [4.78, 5) is 5.04. The van der Waals surface area contributed by atoms with Crippen molar-refractivity contribution in [3.8, 4) is 16.9 Å². The first kappa shape index (κ1) is 21.5. The maximum atomic E-state index is 13.0. The minimum atomic E-state index is -2.95. The Morgan fingerprint density at radius 1 is 1.12 bits per heavy atom. The Balaban J connectivity index is 1.62. The number of para-hydroxylation sites is 1. The summed E-state index contributed by atoms with van der Waals surface area (Å²) in [6, 6.07) is 18.9. The van der Waals surface area contributed by atoms with Gasteiger partial charge in [-0.05, 0) is 41.5 Å². The van der Waals surface area contributed by atoms with Crippen LogP contribution in [-0.4, -0.2) is 31.7 Å². The minimum absolute atomic E-state index is 0.0738. The monoisotopic (exact) mass is 469 g/mol. The average Bonchev–Trinajstić information content (AvgIpc) is 3.30.